The Morgan fingerprint density at radius 2 is 2.14 bits per heavy atom. The predicted molar refractivity (Wildman–Crippen MR) is 89.4 cm³/mol. The summed E-state index contributed by atoms with van der Waals surface area (Å²) in [6.45, 7) is 0.696. The van der Waals surface area contributed by atoms with Gasteiger partial charge in [-0.2, -0.15) is 0 Å². The topological polar surface area (TPSA) is 47.6 Å². The highest BCUT2D eigenvalue weighted by Gasteiger charge is 2.18. The monoisotopic (exact) mass is 333 g/mol. The van der Waals surface area contributed by atoms with Crippen LogP contribution < -0.4 is 5.48 Å². The van der Waals surface area contributed by atoms with Gasteiger partial charge in [-0.05, 0) is 25.0 Å². The number of benzene rings is 1. The molecule has 1 atom stereocenters. The Morgan fingerprint density at radius 3 is 3.00 bits per heavy atom. The lowest BCUT2D eigenvalue weighted by atomic mass is 10.2. The van der Waals surface area contributed by atoms with Crippen molar-refractivity contribution in [1.82, 2.24) is 5.48 Å². The molecule has 1 saturated heterocycles. The van der Waals surface area contributed by atoms with Gasteiger partial charge in [-0.3, -0.25) is 4.79 Å². The van der Waals surface area contributed by atoms with Crippen molar-refractivity contribution in [3.05, 3.63) is 35.2 Å². The van der Waals surface area contributed by atoms with Crippen molar-refractivity contribution < 1.29 is 14.4 Å². The van der Waals surface area contributed by atoms with Crippen LogP contribution in [0.1, 0.15) is 28.9 Å². The molecule has 0 aliphatic carbocycles. The molecule has 0 spiro atoms. The van der Waals surface area contributed by atoms with Gasteiger partial charge in [0, 0.05) is 27.8 Å². The standard InChI is InChI=1S/C16H15NO3S2/c18-16(17-20-14-7-3-4-8-19-14)13-9-12-15(22-13)10-5-1-2-6-11(10)21-12/h1-2,5-6,9,14H,3-4,7-8H2,(H,17,18). The first kappa shape index (κ1) is 14.1. The van der Waals surface area contributed by atoms with Gasteiger partial charge >= 0.3 is 0 Å². The van der Waals surface area contributed by atoms with Crippen molar-refractivity contribution in [1.29, 1.82) is 0 Å². The molecule has 4 rings (SSSR count). The van der Waals surface area contributed by atoms with Crippen LogP contribution in [0.15, 0.2) is 30.3 Å². The molecule has 1 aromatic carbocycles. The predicted octanol–water partition coefficient (Wildman–Crippen LogP) is 4.30. The van der Waals surface area contributed by atoms with Crippen molar-refractivity contribution in [3.63, 3.8) is 0 Å². The molecular formula is C16H15NO3S2. The number of carbonyl (C=O) groups excluding carboxylic acids is 1. The highest BCUT2D eigenvalue weighted by Crippen LogP contribution is 2.39. The minimum atomic E-state index is -0.320. The average molecular weight is 333 g/mol. The zero-order valence-corrected chi connectivity index (χ0v) is 13.5. The Labute approximate surface area is 135 Å². The van der Waals surface area contributed by atoms with Gasteiger partial charge in [-0.25, -0.2) is 10.3 Å². The number of carbonyl (C=O) groups is 1. The number of ether oxygens (including phenoxy) is 1. The normalized spacial score (nSPS) is 18.8. The summed E-state index contributed by atoms with van der Waals surface area (Å²) in [6, 6.07) is 10.2. The second kappa shape index (κ2) is 5.96. The van der Waals surface area contributed by atoms with Gasteiger partial charge in [0.25, 0.3) is 5.91 Å². The number of hydrogen-bond donors (Lipinski definition) is 1. The van der Waals surface area contributed by atoms with Crippen LogP contribution in [0.2, 0.25) is 0 Å². The molecule has 1 N–H and O–H groups in total. The lowest BCUT2D eigenvalue weighted by molar-refractivity contribution is -0.186. The summed E-state index contributed by atoms with van der Waals surface area (Å²) in [5, 5.41) is 1.21. The van der Waals surface area contributed by atoms with Gasteiger partial charge < -0.3 is 4.74 Å². The molecule has 2 aromatic heterocycles. The van der Waals surface area contributed by atoms with Gasteiger partial charge in [0.15, 0.2) is 6.29 Å². The summed E-state index contributed by atoms with van der Waals surface area (Å²) in [7, 11) is 0. The van der Waals surface area contributed by atoms with E-state index in [4.69, 9.17) is 9.57 Å². The number of hydroxylamine groups is 1. The van der Waals surface area contributed by atoms with Gasteiger partial charge in [0.1, 0.15) is 0 Å². The third-order valence-corrected chi connectivity index (χ3v) is 6.11. The average Bonchev–Trinajstić information content (AvgIpc) is 3.11. The second-order valence-electron chi connectivity index (χ2n) is 5.25. The lowest BCUT2D eigenvalue weighted by Crippen LogP contribution is -2.32. The lowest BCUT2D eigenvalue weighted by Gasteiger charge is -2.21. The van der Waals surface area contributed by atoms with Crippen LogP contribution in [0.25, 0.3) is 19.5 Å². The fraction of sp³-hybridized carbons (Fsp3) is 0.312. The molecule has 0 saturated carbocycles. The number of nitrogens with one attached hydrogen (secondary N) is 1. The zero-order valence-electron chi connectivity index (χ0n) is 11.8. The van der Waals surface area contributed by atoms with E-state index in [2.05, 4.69) is 17.6 Å². The fourth-order valence-corrected chi connectivity index (χ4v) is 5.00. The third-order valence-electron chi connectivity index (χ3n) is 3.69. The Morgan fingerprint density at radius 1 is 1.23 bits per heavy atom. The van der Waals surface area contributed by atoms with Gasteiger partial charge in [-0.1, -0.05) is 18.2 Å². The molecule has 6 heteroatoms. The minimum Gasteiger partial charge on any atom is -0.350 e. The molecule has 22 heavy (non-hydrogen) atoms. The molecule has 4 nitrogen and oxygen atoms in total. The third kappa shape index (κ3) is 2.63. The fourth-order valence-electron chi connectivity index (χ4n) is 2.59. The van der Waals surface area contributed by atoms with Gasteiger partial charge in [0.2, 0.25) is 0 Å². The maximum Gasteiger partial charge on any atom is 0.285 e. The van der Waals surface area contributed by atoms with Crippen LogP contribution in [0.5, 0.6) is 0 Å². The molecule has 1 fully saturated rings. The van der Waals surface area contributed by atoms with E-state index >= 15 is 0 Å². The smallest absolute Gasteiger partial charge is 0.285 e. The molecule has 3 aromatic rings. The summed E-state index contributed by atoms with van der Waals surface area (Å²) in [5.74, 6) is -0.202. The maximum atomic E-state index is 12.2. The highest BCUT2D eigenvalue weighted by atomic mass is 32.1. The number of thiophene rings is 2. The Balaban J connectivity index is 1.51. The van der Waals surface area contributed by atoms with E-state index in [1.807, 2.05) is 18.2 Å². The van der Waals surface area contributed by atoms with Crippen LogP contribution in [-0.2, 0) is 9.57 Å². The molecule has 0 bridgehead atoms. The highest BCUT2D eigenvalue weighted by molar-refractivity contribution is 7.33. The minimum absolute atomic E-state index is 0.202. The van der Waals surface area contributed by atoms with Crippen LogP contribution >= 0.6 is 22.7 Å². The second-order valence-corrected chi connectivity index (χ2v) is 7.38. The van der Waals surface area contributed by atoms with E-state index in [1.165, 1.54) is 26.1 Å². The van der Waals surface area contributed by atoms with E-state index in [9.17, 15) is 4.79 Å². The van der Waals surface area contributed by atoms with E-state index in [1.54, 1.807) is 11.3 Å². The molecular weight excluding hydrogens is 318 g/mol. The van der Waals surface area contributed by atoms with E-state index in [-0.39, 0.29) is 12.2 Å². The number of amides is 1. The summed E-state index contributed by atoms with van der Waals surface area (Å²) < 4.78 is 9.00. The SMILES string of the molecule is O=C(NOC1CCCCO1)c1cc2sc3ccccc3c2s1. The van der Waals surface area contributed by atoms with Crippen molar-refractivity contribution in [2.75, 3.05) is 6.61 Å². The Kier molecular flexibility index (Phi) is 3.83. The number of hydrogen-bond acceptors (Lipinski definition) is 5. The summed E-state index contributed by atoms with van der Waals surface area (Å²) in [6.07, 6.45) is 2.63. The summed E-state index contributed by atoms with van der Waals surface area (Å²) >= 11 is 3.22. The van der Waals surface area contributed by atoms with E-state index in [0.29, 0.717) is 11.5 Å². The quantitative estimate of drug-likeness (QED) is 0.727. The molecule has 114 valence electrons. The first-order chi connectivity index (χ1) is 10.8. The van der Waals surface area contributed by atoms with Crippen LogP contribution in [0.3, 0.4) is 0 Å². The van der Waals surface area contributed by atoms with Crippen LogP contribution in [0.4, 0.5) is 0 Å². The molecule has 3 heterocycles. The Hall–Kier alpha value is -1.47. The molecule has 1 aliphatic rings. The van der Waals surface area contributed by atoms with E-state index in [0.717, 1.165) is 24.0 Å². The van der Waals surface area contributed by atoms with Gasteiger partial charge in [-0.15, -0.1) is 22.7 Å². The first-order valence-electron chi connectivity index (χ1n) is 7.30. The number of rotatable bonds is 3. The van der Waals surface area contributed by atoms with Crippen LogP contribution in [0, 0.1) is 0 Å². The van der Waals surface area contributed by atoms with Crippen molar-refractivity contribution in [3.8, 4) is 0 Å². The van der Waals surface area contributed by atoms with E-state index < -0.39 is 0 Å². The first-order valence-corrected chi connectivity index (χ1v) is 8.93. The summed E-state index contributed by atoms with van der Waals surface area (Å²) in [4.78, 5) is 18.2. The number of fused-ring (bicyclic) bond motifs is 3. The molecule has 1 unspecified atom stereocenters. The van der Waals surface area contributed by atoms with Crippen molar-refractivity contribution in [2.24, 2.45) is 0 Å². The molecule has 0 radical (unpaired) electrons. The maximum absolute atomic E-state index is 12.2. The zero-order chi connectivity index (χ0) is 14.9. The molecule has 1 amide bonds. The van der Waals surface area contributed by atoms with Gasteiger partial charge in [0.05, 0.1) is 9.58 Å². The Bertz CT molecular complexity index is 817. The largest absolute Gasteiger partial charge is 0.350 e. The van der Waals surface area contributed by atoms with Crippen molar-refractivity contribution in [2.45, 2.75) is 25.6 Å². The molecule has 1 aliphatic heterocycles. The van der Waals surface area contributed by atoms with Crippen molar-refractivity contribution >= 4 is 48.1 Å². The summed E-state index contributed by atoms with van der Waals surface area (Å²) in [5.41, 5.74) is 2.52. The van der Waals surface area contributed by atoms with Crippen LogP contribution in [-0.4, -0.2) is 18.8 Å².